The van der Waals surface area contributed by atoms with Crippen LogP contribution in [0.3, 0.4) is 0 Å². The van der Waals surface area contributed by atoms with Crippen molar-refractivity contribution in [2.45, 2.75) is 36.4 Å². The van der Waals surface area contributed by atoms with Crippen LogP contribution in [0.2, 0.25) is 0 Å². The van der Waals surface area contributed by atoms with Crippen molar-refractivity contribution in [3.63, 3.8) is 0 Å². The third-order valence-corrected chi connectivity index (χ3v) is 8.45. The Morgan fingerprint density at radius 1 is 1.14 bits per heavy atom. The summed E-state index contributed by atoms with van der Waals surface area (Å²) in [4.78, 5) is 16.3. The van der Waals surface area contributed by atoms with Gasteiger partial charge in [0.25, 0.3) is 5.91 Å². The molecule has 1 aliphatic rings. The summed E-state index contributed by atoms with van der Waals surface area (Å²) < 4.78 is 7.06. The molecule has 0 radical (unpaired) electrons. The fourth-order valence-electron chi connectivity index (χ4n) is 4.31. The molecule has 9 heteroatoms. The van der Waals surface area contributed by atoms with E-state index in [9.17, 15) is 14.8 Å². The number of carbonyl (C=O) groups is 1. The van der Waals surface area contributed by atoms with Crippen LogP contribution in [0.25, 0.3) is 11.1 Å². The van der Waals surface area contributed by atoms with Crippen molar-refractivity contribution in [3.8, 4) is 16.9 Å². The van der Waals surface area contributed by atoms with Gasteiger partial charge in [-0.2, -0.15) is 0 Å². The Morgan fingerprint density at radius 2 is 1.97 bits per heavy atom. The zero-order chi connectivity index (χ0) is 24.8. The second-order valence-electron chi connectivity index (χ2n) is 8.61. The Hall–Kier alpha value is -2.30. The van der Waals surface area contributed by atoms with Gasteiger partial charge < -0.3 is 25.4 Å². The molecule has 35 heavy (non-hydrogen) atoms. The van der Waals surface area contributed by atoms with Crippen LogP contribution in [-0.2, 0) is 13.0 Å². The van der Waals surface area contributed by atoms with Crippen molar-refractivity contribution in [2.24, 2.45) is 5.73 Å². The molecule has 0 fully saturated rings. The minimum Gasteiger partial charge on any atom is -0.493 e. The van der Waals surface area contributed by atoms with Gasteiger partial charge in [0, 0.05) is 25.2 Å². The molecule has 4 N–H and O–H groups in total. The maximum atomic E-state index is 13.6. The summed E-state index contributed by atoms with van der Waals surface area (Å²) in [5, 5.41) is 19.1. The number of thioether (sulfide) groups is 1. The Kier molecular flexibility index (Phi) is 8.91. The van der Waals surface area contributed by atoms with Crippen molar-refractivity contribution in [1.29, 1.82) is 0 Å². The molecule has 0 saturated carbocycles. The van der Waals surface area contributed by atoms with Gasteiger partial charge in [0.2, 0.25) is 0 Å². The van der Waals surface area contributed by atoms with Gasteiger partial charge >= 0.3 is 7.12 Å². The van der Waals surface area contributed by atoms with Crippen LogP contribution in [0.1, 0.15) is 40.1 Å². The second-order valence-corrected chi connectivity index (χ2v) is 10.7. The Balaban J connectivity index is 1.54. The van der Waals surface area contributed by atoms with Gasteiger partial charge in [-0.1, -0.05) is 36.4 Å². The van der Waals surface area contributed by atoms with Crippen molar-refractivity contribution in [1.82, 2.24) is 4.90 Å². The highest BCUT2D eigenvalue weighted by atomic mass is 32.2. The van der Waals surface area contributed by atoms with Gasteiger partial charge in [0.15, 0.2) is 0 Å². The highest BCUT2D eigenvalue weighted by Crippen LogP contribution is 2.38. The van der Waals surface area contributed by atoms with Crippen molar-refractivity contribution >= 4 is 41.6 Å². The molecule has 2 aromatic carbocycles. The molecule has 2 heterocycles. The van der Waals surface area contributed by atoms with E-state index < -0.39 is 7.12 Å². The normalized spacial score (nSPS) is 14.6. The molecular weight excluding hydrogens is 479 g/mol. The quantitative estimate of drug-likeness (QED) is 0.359. The van der Waals surface area contributed by atoms with Crippen LogP contribution >= 0.6 is 23.1 Å². The highest BCUT2D eigenvalue weighted by Gasteiger charge is 2.22. The molecule has 1 aliphatic heterocycles. The first-order valence-corrected chi connectivity index (χ1v) is 13.9. The zero-order valence-corrected chi connectivity index (χ0v) is 21.5. The SMILES string of the molecule is CSc1sc(C(=O)N2CCCCOc3ccc(CN)cc3CCC2)cc1-c1cccc(B(O)O)c1. The number of benzene rings is 2. The first kappa shape index (κ1) is 25.8. The number of amides is 1. The first-order chi connectivity index (χ1) is 17.0. The van der Waals surface area contributed by atoms with Crippen LogP contribution in [0, 0.1) is 0 Å². The third kappa shape index (κ3) is 6.29. The van der Waals surface area contributed by atoms with E-state index in [-0.39, 0.29) is 5.91 Å². The minimum atomic E-state index is -1.53. The summed E-state index contributed by atoms with van der Waals surface area (Å²) in [6.45, 7) is 2.50. The van der Waals surface area contributed by atoms with E-state index in [1.54, 1.807) is 30.0 Å². The van der Waals surface area contributed by atoms with E-state index >= 15 is 0 Å². The number of ether oxygens (including phenoxy) is 1. The molecule has 0 atom stereocenters. The van der Waals surface area contributed by atoms with Crippen LogP contribution in [-0.4, -0.2) is 53.9 Å². The molecule has 0 saturated heterocycles. The molecule has 4 rings (SSSR count). The molecule has 3 aromatic rings. The molecule has 0 aliphatic carbocycles. The van der Waals surface area contributed by atoms with E-state index in [0.717, 1.165) is 57.9 Å². The predicted molar refractivity (Wildman–Crippen MR) is 145 cm³/mol. The van der Waals surface area contributed by atoms with E-state index in [1.165, 1.54) is 11.3 Å². The zero-order valence-electron chi connectivity index (χ0n) is 19.9. The van der Waals surface area contributed by atoms with Gasteiger partial charge in [-0.15, -0.1) is 23.1 Å². The fourth-order valence-corrected chi connectivity index (χ4v) is 6.19. The summed E-state index contributed by atoms with van der Waals surface area (Å²) in [5.41, 5.74) is 10.3. The number of hydrogen-bond donors (Lipinski definition) is 3. The first-order valence-electron chi connectivity index (χ1n) is 11.9. The standard InChI is InChI=1S/C26H31BN2O4S2/c1-34-26-22(19-6-4-8-21(15-19)27(31)32)16-24(35-26)25(30)29-11-2-3-13-33-23-10-9-18(17-28)14-20(23)7-5-12-29/h4,6,8-10,14-16,31-32H,2-3,5,7,11-13,17,28H2,1H3. The van der Waals surface area contributed by atoms with Crippen LogP contribution in [0.4, 0.5) is 0 Å². The molecule has 0 bridgehead atoms. The highest BCUT2D eigenvalue weighted by molar-refractivity contribution is 8.00. The maximum absolute atomic E-state index is 13.6. The van der Waals surface area contributed by atoms with Gasteiger partial charge in [-0.25, -0.2) is 0 Å². The molecular formula is C26H31BN2O4S2. The Morgan fingerprint density at radius 3 is 2.74 bits per heavy atom. The lowest BCUT2D eigenvalue weighted by atomic mass is 9.79. The van der Waals surface area contributed by atoms with E-state index in [1.807, 2.05) is 35.4 Å². The molecule has 1 amide bonds. The largest absolute Gasteiger partial charge is 0.493 e. The lowest BCUT2D eigenvalue weighted by Crippen LogP contribution is -2.32. The number of hydrogen-bond acceptors (Lipinski definition) is 7. The van der Waals surface area contributed by atoms with Gasteiger partial charge in [-0.05, 0) is 66.2 Å². The molecule has 184 valence electrons. The lowest BCUT2D eigenvalue weighted by molar-refractivity contribution is 0.0754. The monoisotopic (exact) mass is 510 g/mol. The average molecular weight is 510 g/mol. The number of fused-ring (bicyclic) bond motifs is 1. The number of aryl methyl sites for hydroxylation is 1. The number of rotatable bonds is 5. The van der Waals surface area contributed by atoms with E-state index in [2.05, 4.69) is 6.07 Å². The van der Waals surface area contributed by atoms with E-state index in [0.29, 0.717) is 36.6 Å². The predicted octanol–water partition coefficient (Wildman–Crippen LogP) is 3.52. The topological polar surface area (TPSA) is 96.0 Å². The number of carbonyl (C=O) groups excluding carboxylic acids is 1. The number of thiophene rings is 1. The Bertz CT molecular complexity index is 1170. The number of nitrogens with two attached hydrogens (primary N) is 1. The summed E-state index contributed by atoms with van der Waals surface area (Å²) >= 11 is 3.09. The minimum absolute atomic E-state index is 0.0472. The summed E-state index contributed by atoms with van der Waals surface area (Å²) in [7, 11) is -1.53. The fraction of sp³-hybridized carbons (Fsp3) is 0.346. The van der Waals surface area contributed by atoms with Gasteiger partial charge in [-0.3, -0.25) is 4.79 Å². The Labute approximate surface area is 215 Å². The van der Waals surface area contributed by atoms with Gasteiger partial charge in [0.1, 0.15) is 5.75 Å². The van der Waals surface area contributed by atoms with E-state index in [4.69, 9.17) is 10.5 Å². The lowest BCUT2D eigenvalue weighted by Gasteiger charge is -2.22. The average Bonchev–Trinajstić information content (AvgIpc) is 3.30. The van der Waals surface area contributed by atoms with Crippen LogP contribution in [0.5, 0.6) is 5.75 Å². The maximum Gasteiger partial charge on any atom is 0.488 e. The van der Waals surface area contributed by atoms with Crippen molar-refractivity contribution in [3.05, 3.63) is 64.5 Å². The number of nitrogens with zero attached hydrogens (tertiary/aromatic N) is 1. The molecule has 1 aromatic heterocycles. The smallest absolute Gasteiger partial charge is 0.488 e. The molecule has 0 spiro atoms. The van der Waals surface area contributed by atoms with Crippen LogP contribution < -0.4 is 15.9 Å². The van der Waals surface area contributed by atoms with Gasteiger partial charge in [0.05, 0.1) is 15.7 Å². The molecule has 0 unspecified atom stereocenters. The van der Waals surface area contributed by atoms with Crippen molar-refractivity contribution < 1.29 is 19.6 Å². The van der Waals surface area contributed by atoms with Crippen LogP contribution in [0.15, 0.2) is 52.7 Å². The third-order valence-electron chi connectivity index (χ3n) is 6.19. The summed E-state index contributed by atoms with van der Waals surface area (Å²) in [6.07, 6.45) is 5.43. The summed E-state index contributed by atoms with van der Waals surface area (Å²) in [6, 6.07) is 15.3. The molecule has 6 nitrogen and oxygen atoms in total. The summed E-state index contributed by atoms with van der Waals surface area (Å²) in [5.74, 6) is 0.968. The van der Waals surface area contributed by atoms with Crippen molar-refractivity contribution in [2.75, 3.05) is 26.0 Å². The second kappa shape index (κ2) is 12.1.